The van der Waals surface area contributed by atoms with Crippen molar-refractivity contribution in [2.75, 3.05) is 5.32 Å². The Labute approximate surface area is 104 Å². The largest absolute Gasteiger partial charge is 0.392 e. The number of nitrogens with one attached hydrogen (secondary N) is 1. The van der Waals surface area contributed by atoms with Crippen molar-refractivity contribution in [1.29, 1.82) is 0 Å². The minimum atomic E-state index is 0.123. The smallest absolute Gasteiger partial charge is 0.0681 e. The van der Waals surface area contributed by atoms with Crippen LogP contribution < -0.4 is 5.32 Å². The Morgan fingerprint density at radius 2 is 1.76 bits per heavy atom. The van der Waals surface area contributed by atoms with E-state index >= 15 is 0 Å². The monoisotopic (exact) mass is 233 g/mol. The number of hydrogen-bond donors (Lipinski definition) is 2. The fraction of sp³-hybridized carbons (Fsp3) is 0.600. The summed E-state index contributed by atoms with van der Waals surface area (Å²) < 4.78 is 0. The number of benzene rings is 1. The molecular weight excluding hydrogens is 210 g/mol. The van der Waals surface area contributed by atoms with Gasteiger partial charge in [0.2, 0.25) is 0 Å². The Morgan fingerprint density at radius 3 is 2.29 bits per heavy atom. The molecule has 1 fully saturated rings. The first-order valence-corrected chi connectivity index (χ1v) is 6.55. The molecule has 0 atom stereocenters. The molecule has 2 heteroatoms. The van der Waals surface area contributed by atoms with Crippen LogP contribution >= 0.6 is 0 Å². The molecule has 2 N–H and O–H groups in total. The van der Waals surface area contributed by atoms with Crippen LogP contribution in [0.2, 0.25) is 0 Å². The van der Waals surface area contributed by atoms with E-state index in [-0.39, 0.29) is 6.61 Å². The van der Waals surface area contributed by atoms with Crippen molar-refractivity contribution in [2.24, 2.45) is 5.41 Å². The van der Waals surface area contributed by atoms with Crippen LogP contribution in [-0.2, 0) is 6.61 Å². The summed E-state index contributed by atoms with van der Waals surface area (Å²) >= 11 is 0. The van der Waals surface area contributed by atoms with E-state index in [4.69, 9.17) is 5.11 Å². The number of aliphatic hydroxyl groups excluding tert-OH is 1. The quantitative estimate of drug-likeness (QED) is 0.836. The van der Waals surface area contributed by atoms with Crippen molar-refractivity contribution < 1.29 is 5.11 Å². The van der Waals surface area contributed by atoms with Gasteiger partial charge in [0.15, 0.2) is 0 Å². The van der Waals surface area contributed by atoms with Gasteiger partial charge in [-0.25, -0.2) is 0 Å². The molecule has 1 aromatic carbocycles. The van der Waals surface area contributed by atoms with Crippen LogP contribution in [0.5, 0.6) is 0 Å². The van der Waals surface area contributed by atoms with E-state index in [0.717, 1.165) is 5.56 Å². The lowest BCUT2D eigenvalue weighted by Gasteiger charge is -2.35. The number of hydrogen-bond acceptors (Lipinski definition) is 2. The van der Waals surface area contributed by atoms with Gasteiger partial charge in [-0.05, 0) is 48.8 Å². The summed E-state index contributed by atoms with van der Waals surface area (Å²) in [5, 5.41) is 12.6. The zero-order chi connectivity index (χ0) is 12.3. The SMILES string of the molecule is CC1(C)CCC(Nc2ccc(CO)cc2)CC1. The second-order valence-corrected chi connectivity index (χ2v) is 5.94. The number of anilines is 1. The predicted octanol–water partition coefficient (Wildman–Crippen LogP) is 3.56. The Morgan fingerprint density at radius 1 is 1.18 bits per heavy atom. The molecule has 1 saturated carbocycles. The molecule has 1 aliphatic carbocycles. The molecule has 0 radical (unpaired) electrons. The fourth-order valence-electron chi connectivity index (χ4n) is 2.49. The van der Waals surface area contributed by atoms with Gasteiger partial charge in [0.05, 0.1) is 6.61 Å². The molecule has 1 aliphatic rings. The molecule has 17 heavy (non-hydrogen) atoms. The zero-order valence-electron chi connectivity index (χ0n) is 10.9. The highest BCUT2D eigenvalue weighted by Crippen LogP contribution is 2.36. The van der Waals surface area contributed by atoms with Gasteiger partial charge >= 0.3 is 0 Å². The van der Waals surface area contributed by atoms with E-state index < -0.39 is 0 Å². The Bertz CT molecular complexity index is 346. The van der Waals surface area contributed by atoms with Gasteiger partial charge in [-0.1, -0.05) is 26.0 Å². The first-order valence-electron chi connectivity index (χ1n) is 6.55. The normalized spacial score (nSPS) is 20.2. The highest BCUT2D eigenvalue weighted by molar-refractivity contribution is 5.45. The molecular formula is C15H23NO. The maximum absolute atomic E-state index is 8.99. The fourth-order valence-corrected chi connectivity index (χ4v) is 2.49. The van der Waals surface area contributed by atoms with Gasteiger partial charge in [-0.3, -0.25) is 0 Å². The molecule has 0 saturated heterocycles. The highest BCUT2D eigenvalue weighted by atomic mass is 16.3. The van der Waals surface area contributed by atoms with E-state index in [2.05, 4.69) is 31.3 Å². The molecule has 0 heterocycles. The lowest BCUT2D eigenvalue weighted by Crippen LogP contribution is -2.29. The number of aliphatic hydroxyl groups is 1. The average Bonchev–Trinajstić information content (AvgIpc) is 2.33. The molecule has 0 aromatic heterocycles. The topological polar surface area (TPSA) is 32.3 Å². The third-order valence-corrected chi connectivity index (χ3v) is 3.85. The molecule has 2 rings (SSSR count). The molecule has 0 unspecified atom stereocenters. The van der Waals surface area contributed by atoms with E-state index in [9.17, 15) is 0 Å². The van der Waals surface area contributed by atoms with Crippen molar-refractivity contribution in [3.63, 3.8) is 0 Å². The summed E-state index contributed by atoms with van der Waals surface area (Å²) in [5.41, 5.74) is 2.67. The van der Waals surface area contributed by atoms with Gasteiger partial charge in [-0.15, -0.1) is 0 Å². The van der Waals surface area contributed by atoms with Gasteiger partial charge in [0.25, 0.3) is 0 Å². The lowest BCUT2D eigenvalue weighted by atomic mass is 9.75. The lowest BCUT2D eigenvalue weighted by molar-refractivity contribution is 0.232. The molecule has 0 spiro atoms. The van der Waals surface area contributed by atoms with Crippen LogP contribution in [0.3, 0.4) is 0 Å². The Balaban J connectivity index is 1.89. The second kappa shape index (κ2) is 5.09. The van der Waals surface area contributed by atoms with Crippen LogP contribution in [0.4, 0.5) is 5.69 Å². The van der Waals surface area contributed by atoms with Gasteiger partial charge in [0, 0.05) is 11.7 Å². The predicted molar refractivity (Wildman–Crippen MR) is 72.0 cm³/mol. The van der Waals surface area contributed by atoms with Gasteiger partial charge in [-0.2, -0.15) is 0 Å². The third kappa shape index (κ3) is 3.47. The maximum Gasteiger partial charge on any atom is 0.0681 e. The summed E-state index contributed by atoms with van der Waals surface area (Å²) in [6.07, 6.45) is 5.13. The van der Waals surface area contributed by atoms with Crippen LogP contribution in [0.1, 0.15) is 45.1 Å². The van der Waals surface area contributed by atoms with Crippen molar-refractivity contribution in [3.05, 3.63) is 29.8 Å². The second-order valence-electron chi connectivity index (χ2n) is 5.94. The molecule has 1 aromatic rings. The minimum Gasteiger partial charge on any atom is -0.392 e. The molecule has 0 amide bonds. The maximum atomic E-state index is 8.99. The van der Waals surface area contributed by atoms with Gasteiger partial charge in [0.1, 0.15) is 0 Å². The molecule has 0 aliphatic heterocycles. The van der Waals surface area contributed by atoms with Crippen molar-refractivity contribution >= 4 is 5.69 Å². The molecule has 94 valence electrons. The average molecular weight is 233 g/mol. The van der Waals surface area contributed by atoms with E-state index in [1.54, 1.807) is 0 Å². The van der Waals surface area contributed by atoms with E-state index in [1.807, 2.05) is 12.1 Å². The molecule has 0 bridgehead atoms. The van der Waals surface area contributed by atoms with Crippen molar-refractivity contribution in [2.45, 2.75) is 52.2 Å². The number of rotatable bonds is 3. The summed E-state index contributed by atoms with van der Waals surface area (Å²) in [6.45, 7) is 4.84. The molecule has 2 nitrogen and oxygen atoms in total. The summed E-state index contributed by atoms with van der Waals surface area (Å²) in [7, 11) is 0. The summed E-state index contributed by atoms with van der Waals surface area (Å²) in [6, 6.07) is 8.70. The first kappa shape index (κ1) is 12.4. The standard InChI is InChI=1S/C15H23NO/c1-15(2)9-7-14(8-10-15)16-13-5-3-12(11-17)4-6-13/h3-6,14,16-17H,7-11H2,1-2H3. The van der Waals surface area contributed by atoms with Crippen molar-refractivity contribution in [1.82, 2.24) is 0 Å². The van der Waals surface area contributed by atoms with Gasteiger partial charge < -0.3 is 10.4 Å². The highest BCUT2D eigenvalue weighted by Gasteiger charge is 2.26. The van der Waals surface area contributed by atoms with Crippen molar-refractivity contribution in [3.8, 4) is 0 Å². The minimum absolute atomic E-state index is 0.123. The Hall–Kier alpha value is -1.02. The third-order valence-electron chi connectivity index (χ3n) is 3.85. The summed E-state index contributed by atoms with van der Waals surface area (Å²) in [5.74, 6) is 0. The van der Waals surface area contributed by atoms with Crippen LogP contribution in [0.25, 0.3) is 0 Å². The van der Waals surface area contributed by atoms with Crippen LogP contribution in [0, 0.1) is 5.41 Å². The Kier molecular flexibility index (Phi) is 3.72. The first-order chi connectivity index (χ1) is 8.09. The van der Waals surface area contributed by atoms with E-state index in [0.29, 0.717) is 11.5 Å². The summed E-state index contributed by atoms with van der Waals surface area (Å²) in [4.78, 5) is 0. The van der Waals surface area contributed by atoms with Crippen LogP contribution in [-0.4, -0.2) is 11.1 Å². The van der Waals surface area contributed by atoms with Crippen LogP contribution in [0.15, 0.2) is 24.3 Å². The zero-order valence-corrected chi connectivity index (χ0v) is 10.9. The van der Waals surface area contributed by atoms with E-state index in [1.165, 1.54) is 31.4 Å².